The van der Waals surface area contributed by atoms with Crippen molar-refractivity contribution in [3.8, 4) is 0 Å². The number of ketones is 1. The fourth-order valence-electron chi connectivity index (χ4n) is 3.77. The van der Waals surface area contributed by atoms with Crippen molar-refractivity contribution in [2.45, 2.75) is 18.4 Å². The van der Waals surface area contributed by atoms with E-state index in [0.29, 0.717) is 29.8 Å². The van der Waals surface area contributed by atoms with Crippen LogP contribution in [0.4, 0.5) is 5.69 Å². The zero-order chi connectivity index (χ0) is 21.3. The number of carbonyl (C=O) groups is 2. The van der Waals surface area contributed by atoms with Crippen LogP contribution in [0.3, 0.4) is 0 Å². The molecule has 0 fully saturated rings. The molecule has 0 saturated heterocycles. The molecular formula is C24H19Br2NO3. The van der Waals surface area contributed by atoms with Crippen LogP contribution in [0.15, 0.2) is 81.7 Å². The summed E-state index contributed by atoms with van der Waals surface area (Å²) in [4.78, 5) is 27.8. The highest BCUT2D eigenvalue weighted by Crippen LogP contribution is 2.44. The van der Waals surface area contributed by atoms with Gasteiger partial charge >= 0.3 is 0 Å². The molecular weight excluding hydrogens is 510 g/mol. The summed E-state index contributed by atoms with van der Waals surface area (Å²) in [6.07, 6.45) is 0.345. The van der Waals surface area contributed by atoms with E-state index in [4.69, 9.17) is 0 Å². The van der Waals surface area contributed by atoms with Crippen molar-refractivity contribution in [2.24, 2.45) is 0 Å². The lowest BCUT2D eigenvalue weighted by Gasteiger charge is -2.23. The van der Waals surface area contributed by atoms with Gasteiger partial charge in [0.05, 0.1) is 12.1 Å². The second-order valence-corrected chi connectivity index (χ2v) is 9.15. The van der Waals surface area contributed by atoms with Crippen molar-refractivity contribution in [1.82, 2.24) is 0 Å². The first-order valence-electron chi connectivity index (χ1n) is 9.55. The Morgan fingerprint density at radius 1 is 0.933 bits per heavy atom. The predicted octanol–water partition coefficient (Wildman–Crippen LogP) is 5.26. The first-order chi connectivity index (χ1) is 14.4. The Morgan fingerprint density at radius 2 is 1.60 bits per heavy atom. The molecule has 4 nitrogen and oxygen atoms in total. The third kappa shape index (κ3) is 4.00. The largest absolute Gasteiger partial charge is 0.375 e. The van der Waals surface area contributed by atoms with Crippen molar-refractivity contribution in [3.63, 3.8) is 0 Å². The molecule has 0 radical (unpaired) electrons. The Bertz CT molecular complexity index is 1100. The summed E-state index contributed by atoms with van der Waals surface area (Å²) in [5.41, 5.74) is 0.773. The third-order valence-corrected chi connectivity index (χ3v) is 6.37. The van der Waals surface area contributed by atoms with Gasteiger partial charge in [0.25, 0.3) is 5.91 Å². The van der Waals surface area contributed by atoms with Gasteiger partial charge in [-0.3, -0.25) is 9.59 Å². The van der Waals surface area contributed by atoms with Gasteiger partial charge in [0.15, 0.2) is 11.4 Å². The highest BCUT2D eigenvalue weighted by atomic mass is 79.9. The monoisotopic (exact) mass is 527 g/mol. The maximum atomic E-state index is 13.3. The highest BCUT2D eigenvalue weighted by Gasteiger charge is 2.50. The standard InChI is InChI=1S/C24H19Br2NO3/c25-18-8-6-17(7-9-18)22(28)15-24(30)20-14-19(26)10-11-21(20)27(23(24)29)13-12-16-4-2-1-3-5-16/h1-11,14,30H,12-13,15H2. The Balaban J connectivity index is 1.64. The number of carbonyl (C=O) groups excluding carboxylic acids is 2. The minimum Gasteiger partial charge on any atom is -0.375 e. The smallest absolute Gasteiger partial charge is 0.264 e. The zero-order valence-corrected chi connectivity index (χ0v) is 19.2. The first-order valence-corrected chi connectivity index (χ1v) is 11.1. The second kappa shape index (κ2) is 8.46. The topological polar surface area (TPSA) is 57.6 Å². The van der Waals surface area contributed by atoms with Crippen LogP contribution < -0.4 is 4.90 Å². The fourth-order valence-corrected chi connectivity index (χ4v) is 4.40. The molecule has 1 heterocycles. The molecule has 1 amide bonds. The molecule has 0 aromatic heterocycles. The number of hydrogen-bond donors (Lipinski definition) is 1. The summed E-state index contributed by atoms with van der Waals surface area (Å²) in [7, 11) is 0. The van der Waals surface area contributed by atoms with Crippen LogP contribution in [0.25, 0.3) is 0 Å². The molecule has 0 saturated carbocycles. The SMILES string of the molecule is O=C(CC1(O)C(=O)N(CCc2ccccc2)c2ccc(Br)cc21)c1ccc(Br)cc1. The van der Waals surface area contributed by atoms with Crippen LogP contribution in [-0.2, 0) is 16.8 Å². The number of rotatable bonds is 6. The van der Waals surface area contributed by atoms with E-state index in [2.05, 4.69) is 31.9 Å². The number of anilines is 1. The van der Waals surface area contributed by atoms with Crippen LogP contribution >= 0.6 is 31.9 Å². The Morgan fingerprint density at radius 3 is 2.30 bits per heavy atom. The molecule has 1 atom stereocenters. The zero-order valence-electron chi connectivity index (χ0n) is 16.0. The van der Waals surface area contributed by atoms with Crippen molar-refractivity contribution >= 4 is 49.2 Å². The second-order valence-electron chi connectivity index (χ2n) is 7.32. The van der Waals surface area contributed by atoms with Gasteiger partial charge in [-0.05, 0) is 42.3 Å². The van der Waals surface area contributed by atoms with E-state index in [9.17, 15) is 14.7 Å². The summed E-state index contributed by atoms with van der Waals surface area (Å²) in [5, 5.41) is 11.4. The molecule has 152 valence electrons. The molecule has 6 heteroatoms. The highest BCUT2D eigenvalue weighted by molar-refractivity contribution is 9.10. The number of benzene rings is 3. The van der Waals surface area contributed by atoms with Crippen LogP contribution in [0, 0.1) is 0 Å². The number of Topliss-reactive ketones (excluding diaryl/α,β-unsaturated/α-hetero) is 1. The molecule has 4 rings (SSSR count). The van der Waals surface area contributed by atoms with Gasteiger partial charge in [0.1, 0.15) is 0 Å². The maximum Gasteiger partial charge on any atom is 0.264 e. The quantitative estimate of drug-likeness (QED) is 0.444. The van der Waals surface area contributed by atoms with Crippen molar-refractivity contribution in [2.75, 3.05) is 11.4 Å². The van der Waals surface area contributed by atoms with E-state index in [1.54, 1.807) is 35.2 Å². The first kappa shape index (κ1) is 21.0. The Labute approximate surface area is 191 Å². The van der Waals surface area contributed by atoms with E-state index in [1.807, 2.05) is 42.5 Å². The van der Waals surface area contributed by atoms with Gasteiger partial charge in [0.2, 0.25) is 0 Å². The maximum absolute atomic E-state index is 13.3. The van der Waals surface area contributed by atoms with Crippen LogP contribution in [0.1, 0.15) is 27.9 Å². The van der Waals surface area contributed by atoms with E-state index in [1.165, 1.54) is 0 Å². The average molecular weight is 529 g/mol. The normalized spacial score (nSPS) is 17.8. The molecule has 3 aromatic carbocycles. The molecule has 1 unspecified atom stereocenters. The average Bonchev–Trinajstić information content (AvgIpc) is 2.94. The molecule has 1 aliphatic heterocycles. The molecule has 30 heavy (non-hydrogen) atoms. The lowest BCUT2D eigenvalue weighted by molar-refractivity contribution is -0.135. The number of amides is 1. The van der Waals surface area contributed by atoms with Gasteiger partial charge in [-0.25, -0.2) is 0 Å². The molecule has 0 spiro atoms. The summed E-state index contributed by atoms with van der Waals surface area (Å²) in [6.45, 7) is 0.423. The fraction of sp³-hybridized carbons (Fsp3) is 0.167. The van der Waals surface area contributed by atoms with Gasteiger partial charge < -0.3 is 10.0 Å². The summed E-state index contributed by atoms with van der Waals surface area (Å²) < 4.78 is 1.60. The van der Waals surface area contributed by atoms with E-state index in [-0.39, 0.29) is 12.2 Å². The molecule has 3 aromatic rings. The summed E-state index contributed by atoms with van der Waals surface area (Å²) in [6, 6.07) is 22.2. The summed E-state index contributed by atoms with van der Waals surface area (Å²) in [5.74, 6) is -0.744. The van der Waals surface area contributed by atoms with Gasteiger partial charge in [-0.15, -0.1) is 0 Å². The van der Waals surface area contributed by atoms with Gasteiger partial charge in [-0.2, -0.15) is 0 Å². The van der Waals surface area contributed by atoms with E-state index in [0.717, 1.165) is 14.5 Å². The molecule has 1 N–H and O–H groups in total. The Hall–Kier alpha value is -2.28. The lowest BCUT2D eigenvalue weighted by Crippen LogP contribution is -2.42. The number of fused-ring (bicyclic) bond motifs is 1. The van der Waals surface area contributed by atoms with Gasteiger partial charge in [0, 0.05) is 26.6 Å². The van der Waals surface area contributed by atoms with E-state index < -0.39 is 11.5 Å². The Kier molecular flexibility index (Phi) is 5.91. The number of nitrogens with zero attached hydrogens (tertiary/aromatic N) is 1. The van der Waals surface area contributed by atoms with Crippen molar-refractivity contribution in [1.29, 1.82) is 0 Å². The minimum atomic E-state index is -1.89. The third-order valence-electron chi connectivity index (χ3n) is 5.34. The molecule has 1 aliphatic rings. The lowest BCUT2D eigenvalue weighted by atomic mass is 9.88. The minimum absolute atomic E-state index is 0.283. The van der Waals surface area contributed by atoms with Crippen molar-refractivity contribution < 1.29 is 14.7 Å². The summed E-state index contributed by atoms with van der Waals surface area (Å²) >= 11 is 6.77. The molecule has 0 bridgehead atoms. The van der Waals surface area contributed by atoms with Crippen LogP contribution in [0.5, 0.6) is 0 Å². The van der Waals surface area contributed by atoms with Crippen LogP contribution in [-0.4, -0.2) is 23.3 Å². The molecule has 0 aliphatic carbocycles. The van der Waals surface area contributed by atoms with Gasteiger partial charge in [-0.1, -0.05) is 74.3 Å². The number of halogens is 2. The number of hydrogen-bond acceptors (Lipinski definition) is 3. The van der Waals surface area contributed by atoms with Crippen LogP contribution in [0.2, 0.25) is 0 Å². The predicted molar refractivity (Wildman–Crippen MR) is 124 cm³/mol. The van der Waals surface area contributed by atoms with Crippen molar-refractivity contribution in [3.05, 3.63) is 98.4 Å². The number of aliphatic hydroxyl groups is 1. The van der Waals surface area contributed by atoms with E-state index >= 15 is 0 Å².